The molecule has 1 heterocycles. The summed E-state index contributed by atoms with van der Waals surface area (Å²) in [6.45, 7) is 2.10. The average Bonchev–Trinajstić information content (AvgIpc) is 2.90. The number of hydrogen-bond donors (Lipinski definition) is 1. The molecule has 21 heavy (non-hydrogen) atoms. The topological polar surface area (TPSA) is 73.4 Å². The number of carbonyl (C=O) groups excluding carboxylic acids is 1. The Morgan fingerprint density at radius 1 is 1.48 bits per heavy atom. The van der Waals surface area contributed by atoms with Crippen molar-refractivity contribution in [1.29, 1.82) is 0 Å². The Bertz CT molecular complexity index is 667. The van der Waals surface area contributed by atoms with Crippen molar-refractivity contribution in [2.45, 2.75) is 6.92 Å². The molecule has 6 nitrogen and oxygen atoms in total. The van der Waals surface area contributed by atoms with Gasteiger partial charge in [-0.25, -0.2) is 9.07 Å². The number of benzene rings is 1. The minimum Gasteiger partial charge on any atom is -0.491 e. The molecule has 0 saturated carbocycles. The monoisotopic (exact) mass is 292 g/mol. The highest BCUT2D eigenvalue weighted by Crippen LogP contribution is 2.27. The van der Waals surface area contributed by atoms with E-state index in [0.29, 0.717) is 12.3 Å². The molecule has 1 aromatic carbocycles. The summed E-state index contributed by atoms with van der Waals surface area (Å²) < 4.78 is 20.3. The highest BCUT2D eigenvalue weighted by atomic mass is 19.1. The van der Waals surface area contributed by atoms with Crippen LogP contribution in [0.1, 0.15) is 17.4 Å². The second-order valence-electron chi connectivity index (χ2n) is 4.62. The summed E-state index contributed by atoms with van der Waals surface area (Å²) in [7, 11) is 3.28. The first-order valence-corrected chi connectivity index (χ1v) is 6.43. The number of amides is 1. The minimum absolute atomic E-state index is 0.0951. The van der Waals surface area contributed by atoms with Crippen LogP contribution in [0, 0.1) is 5.82 Å². The maximum absolute atomic E-state index is 13.7. The van der Waals surface area contributed by atoms with Gasteiger partial charge in [0.1, 0.15) is 0 Å². The molecular formula is C14H17FN4O2. The first-order chi connectivity index (χ1) is 9.93. The fourth-order valence-corrected chi connectivity index (χ4v) is 1.82. The Morgan fingerprint density at radius 2 is 2.19 bits per heavy atom. The minimum atomic E-state index is -0.533. The van der Waals surface area contributed by atoms with Crippen LogP contribution in [0.3, 0.4) is 0 Å². The SMILES string of the molecule is CCOc1cc(-n2ccc(C(=O)N(C)C)n2)c(N)cc1F. The predicted molar refractivity (Wildman–Crippen MR) is 77.1 cm³/mol. The van der Waals surface area contributed by atoms with E-state index >= 15 is 0 Å². The van der Waals surface area contributed by atoms with Gasteiger partial charge in [0.2, 0.25) is 0 Å². The van der Waals surface area contributed by atoms with Gasteiger partial charge >= 0.3 is 0 Å². The van der Waals surface area contributed by atoms with Crippen molar-refractivity contribution in [3.8, 4) is 11.4 Å². The van der Waals surface area contributed by atoms with E-state index in [1.165, 1.54) is 21.7 Å². The zero-order chi connectivity index (χ0) is 15.6. The van der Waals surface area contributed by atoms with Gasteiger partial charge in [-0.05, 0) is 13.0 Å². The second-order valence-corrected chi connectivity index (χ2v) is 4.62. The molecule has 7 heteroatoms. The number of ether oxygens (including phenoxy) is 1. The first-order valence-electron chi connectivity index (χ1n) is 6.43. The van der Waals surface area contributed by atoms with E-state index in [1.807, 2.05) is 0 Å². The van der Waals surface area contributed by atoms with E-state index in [-0.39, 0.29) is 23.0 Å². The molecule has 1 amide bonds. The molecule has 0 aliphatic carbocycles. The lowest BCUT2D eigenvalue weighted by Crippen LogP contribution is -2.22. The smallest absolute Gasteiger partial charge is 0.273 e. The van der Waals surface area contributed by atoms with E-state index in [2.05, 4.69) is 5.10 Å². The van der Waals surface area contributed by atoms with Crippen LogP contribution in [-0.4, -0.2) is 41.3 Å². The van der Waals surface area contributed by atoms with Crippen molar-refractivity contribution in [3.63, 3.8) is 0 Å². The maximum atomic E-state index is 13.7. The number of carbonyl (C=O) groups is 1. The van der Waals surface area contributed by atoms with E-state index in [0.717, 1.165) is 0 Å². The molecule has 0 atom stereocenters. The van der Waals surface area contributed by atoms with Gasteiger partial charge in [-0.1, -0.05) is 0 Å². The normalized spacial score (nSPS) is 10.5. The number of aromatic nitrogens is 2. The number of halogens is 1. The molecular weight excluding hydrogens is 275 g/mol. The van der Waals surface area contributed by atoms with E-state index in [4.69, 9.17) is 10.5 Å². The quantitative estimate of drug-likeness (QED) is 0.870. The van der Waals surface area contributed by atoms with Crippen molar-refractivity contribution in [2.24, 2.45) is 0 Å². The number of hydrogen-bond acceptors (Lipinski definition) is 4. The molecule has 0 unspecified atom stereocenters. The van der Waals surface area contributed by atoms with Crippen LogP contribution < -0.4 is 10.5 Å². The van der Waals surface area contributed by atoms with Crippen LogP contribution in [0.5, 0.6) is 5.75 Å². The van der Waals surface area contributed by atoms with Gasteiger partial charge in [-0.2, -0.15) is 5.10 Å². The van der Waals surface area contributed by atoms with Crippen LogP contribution in [0.15, 0.2) is 24.4 Å². The molecule has 0 aliphatic heterocycles. The Kier molecular flexibility index (Phi) is 4.11. The van der Waals surface area contributed by atoms with Gasteiger partial charge in [0.25, 0.3) is 5.91 Å². The molecule has 2 rings (SSSR count). The van der Waals surface area contributed by atoms with Crippen LogP contribution in [0.2, 0.25) is 0 Å². The lowest BCUT2D eigenvalue weighted by Gasteiger charge is -2.11. The van der Waals surface area contributed by atoms with Crippen molar-refractivity contribution in [3.05, 3.63) is 35.9 Å². The molecule has 0 radical (unpaired) electrons. The van der Waals surface area contributed by atoms with Crippen molar-refractivity contribution in [1.82, 2.24) is 14.7 Å². The number of nitrogens with two attached hydrogens (primary N) is 1. The summed E-state index contributed by atoms with van der Waals surface area (Å²) in [5.74, 6) is -0.660. The molecule has 0 fully saturated rings. The van der Waals surface area contributed by atoms with Crippen LogP contribution in [0.25, 0.3) is 5.69 Å². The summed E-state index contributed by atoms with van der Waals surface area (Å²) in [6, 6.07) is 4.21. The number of nitrogen functional groups attached to an aromatic ring is 1. The zero-order valence-electron chi connectivity index (χ0n) is 12.1. The Labute approximate surface area is 121 Å². The second kappa shape index (κ2) is 5.82. The number of anilines is 1. The lowest BCUT2D eigenvalue weighted by atomic mass is 10.2. The first kappa shape index (κ1) is 14.8. The molecule has 0 aliphatic rings. The Hall–Kier alpha value is -2.57. The van der Waals surface area contributed by atoms with Gasteiger partial charge in [0, 0.05) is 32.4 Å². The fraction of sp³-hybridized carbons (Fsp3) is 0.286. The molecule has 0 spiro atoms. The third-order valence-electron chi connectivity index (χ3n) is 2.84. The molecule has 0 bridgehead atoms. The van der Waals surface area contributed by atoms with Gasteiger partial charge in [-0.15, -0.1) is 0 Å². The van der Waals surface area contributed by atoms with E-state index in [9.17, 15) is 9.18 Å². The molecule has 1 aromatic heterocycles. The average molecular weight is 292 g/mol. The van der Waals surface area contributed by atoms with Crippen molar-refractivity contribution >= 4 is 11.6 Å². The molecule has 112 valence electrons. The standard InChI is InChI=1S/C14H17FN4O2/c1-4-21-13-8-12(10(16)7-9(13)15)19-6-5-11(17-19)14(20)18(2)3/h5-8H,4,16H2,1-3H3. The summed E-state index contributed by atoms with van der Waals surface area (Å²) in [4.78, 5) is 13.3. The summed E-state index contributed by atoms with van der Waals surface area (Å²) in [5.41, 5.74) is 6.76. The zero-order valence-corrected chi connectivity index (χ0v) is 12.1. The van der Waals surface area contributed by atoms with Crippen molar-refractivity contribution < 1.29 is 13.9 Å². The highest BCUT2D eigenvalue weighted by Gasteiger charge is 2.15. The summed E-state index contributed by atoms with van der Waals surface area (Å²) in [6.07, 6.45) is 1.59. The van der Waals surface area contributed by atoms with Crippen LogP contribution in [0.4, 0.5) is 10.1 Å². The maximum Gasteiger partial charge on any atom is 0.273 e. The lowest BCUT2D eigenvalue weighted by molar-refractivity contribution is 0.0821. The third kappa shape index (κ3) is 2.96. The molecule has 0 saturated heterocycles. The van der Waals surface area contributed by atoms with Gasteiger partial charge in [0.05, 0.1) is 18.0 Å². The summed E-state index contributed by atoms with van der Waals surface area (Å²) >= 11 is 0. The third-order valence-corrected chi connectivity index (χ3v) is 2.84. The highest BCUT2D eigenvalue weighted by molar-refractivity contribution is 5.91. The van der Waals surface area contributed by atoms with Crippen LogP contribution >= 0.6 is 0 Å². The molecule has 2 aromatic rings. The predicted octanol–water partition coefficient (Wildman–Crippen LogP) is 1.69. The molecule has 2 N–H and O–H groups in total. The van der Waals surface area contributed by atoms with Gasteiger partial charge < -0.3 is 15.4 Å². The van der Waals surface area contributed by atoms with E-state index < -0.39 is 5.82 Å². The fourth-order valence-electron chi connectivity index (χ4n) is 1.82. The van der Waals surface area contributed by atoms with Gasteiger partial charge in [-0.3, -0.25) is 4.79 Å². The Morgan fingerprint density at radius 3 is 2.81 bits per heavy atom. The Balaban J connectivity index is 2.42. The largest absolute Gasteiger partial charge is 0.491 e. The van der Waals surface area contributed by atoms with Gasteiger partial charge in [0.15, 0.2) is 17.3 Å². The number of nitrogens with zero attached hydrogens (tertiary/aromatic N) is 3. The van der Waals surface area contributed by atoms with Crippen molar-refractivity contribution in [2.75, 3.05) is 26.4 Å². The number of rotatable bonds is 4. The van der Waals surface area contributed by atoms with Crippen LogP contribution in [-0.2, 0) is 0 Å². The van der Waals surface area contributed by atoms with E-state index in [1.54, 1.807) is 33.3 Å². The summed E-state index contributed by atoms with van der Waals surface area (Å²) in [5, 5.41) is 4.16.